The van der Waals surface area contributed by atoms with Gasteiger partial charge in [0.25, 0.3) is 0 Å². The molecule has 30 heavy (non-hydrogen) atoms. The van der Waals surface area contributed by atoms with Crippen LogP contribution in [-0.4, -0.2) is 60.1 Å². The molecule has 4 aromatic heterocycles. The Hall–Kier alpha value is -3.59. The molecule has 1 fully saturated rings. The highest BCUT2D eigenvalue weighted by Crippen LogP contribution is 2.30. The molecule has 0 amide bonds. The van der Waals surface area contributed by atoms with Crippen LogP contribution in [-0.2, 0) is 0 Å². The molecule has 0 aromatic carbocycles. The average molecular weight is 402 g/mol. The van der Waals surface area contributed by atoms with Crippen LogP contribution in [0.25, 0.3) is 28.2 Å². The Bertz CT molecular complexity index is 1180. The van der Waals surface area contributed by atoms with Crippen molar-refractivity contribution in [3.8, 4) is 28.3 Å². The fourth-order valence-electron chi connectivity index (χ4n) is 3.93. The predicted octanol–water partition coefficient (Wildman–Crippen LogP) is 2.14. The first-order valence-electron chi connectivity index (χ1n) is 9.91. The van der Waals surface area contributed by atoms with Crippen molar-refractivity contribution in [2.24, 2.45) is 0 Å². The van der Waals surface area contributed by atoms with Gasteiger partial charge in [0, 0.05) is 48.7 Å². The Morgan fingerprint density at radius 1 is 1.00 bits per heavy atom. The van der Waals surface area contributed by atoms with Gasteiger partial charge in [0.2, 0.25) is 0 Å². The van der Waals surface area contributed by atoms with Gasteiger partial charge >= 0.3 is 0 Å². The van der Waals surface area contributed by atoms with Crippen molar-refractivity contribution in [1.82, 2.24) is 35.1 Å². The number of rotatable bonds is 3. The Balaban J connectivity index is 1.40. The molecule has 0 radical (unpaired) electrons. The van der Waals surface area contributed by atoms with Gasteiger partial charge in [-0.3, -0.25) is 0 Å². The summed E-state index contributed by atoms with van der Waals surface area (Å²) in [4.78, 5) is 10.8. The van der Waals surface area contributed by atoms with Gasteiger partial charge < -0.3 is 15.3 Å². The summed E-state index contributed by atoms with van der Waals surface area (Å²) >= 11 is 0. The third-order valence-corrected chi connectivity index (χ3v) is 5.25. The molecule has 1 saturated heterocycles. The van der Waals surface area contributed by atoms with Crippen LogP contribution in [0.3, 0.4) is 0 Å². The number of pyridine rings is 2. The number of hydrogen-bond acceptors (Lipinski definition) is 8. The van der Waals surface area contributed by atoms with Crippen LogP contribution in [0.4, 0.5) is 5.82 Å². The molecule has 0 aliphatic carbocycles. The second kappa shape index (κ2) is 7.34. The molecule has 9 heteroatoms. The molecule has 0 unspecified atom stereocenters. The van der Waals surface area contributed by atoms with Crippen LogP contribution in [0.1, 0.15) is 13.8 Å². The molecule has 4 aromatic rings. The third kappa shape index (κ3) is 3.43. The third-order valence-electron chi connectivity index (χ3n) is 5.25. The Morgan fingerprint density at radius 2 is 1.83 bits per heavy atom. The van der Waals surface area contributed by atoms with E-state index in [4.69, 9.17) is 0 Å². The van der Waals surface area contributed by atoms with Crippen LogP contribution >= 0.6 is 0 Å². The molecule has 152 valence electrons. The highest BCUT2D eigenvalue weighted by Gasteiger charge is 2.22. The summed E-state index contributed by atoms with van der Waals surface area (Å²) in [6, 6.07) is 10.0. The minimum atomic E-state index is 0.0534. The first kappa shape index (κ1) is 18.4. The van der Waals surface area contributed by atoms with Gasteiger partial charge in [-0.2, -0.15) is 5.10 Å². The standard InChI is InChI=1S/C21H22N8O/c1-13-9-28(10-14(2)25-13)20-6-4-17(26-27-20)21-18(30)7-16(8-22-21)15-3-5-19-23-12-24-29(19)11-15/h3-8,11-14,25,30H,9-10H2,1-2H3/t13-,14+. The van der Waals surface area contributed by atoms with E-state index in [2.05, 4.69) is 49.3 Å². The first-order chi connectivity index (χ1) is 14.6. The number of aromatic nitrogens is 6. The summed E-state index contributed by atoms with van der Waals surface area (Å²) in [6.45, 7) is 6.09. The maximum atomic E-state index is 10.6. The van der Waals surface area contributed by atoms with E-state index in [1.54, 1.807) is 16.8 Å². The van der Waals surface area contributed by atoms with Crippen LogP contribution in [0.2, 0.25) is 0 Å². The summed E-state index contributed by atoms with van der Waals surface area (Å²) in [6.07, 6.45) is 5.06. The van der Waals surface area contributed by atoms with Gasteiger partial charge in [-0.1, -0.05) is 0 Å². The normalized spacial score (nSPS) is 19.3. The van der Waals surface area contributed by atoms with Gasteiger partial charge in [0.1, 0.15) is 23.5 Å². The second-order valence-corrected chi connectivity index (χ2v) is 7.72. The monoisotopic (exact) mass is 402 g/mol. The maximum Gasteiger partial charge on any atom is 0.155 e. The summed E-state index contributed by atoms with van der Waals surface area (Å²) in [7, 11) is 0. The van der Waals surface area contributed by atoms with Crippen LogP contribution in [0, 0.1) is 0 Å². The predicted molar refractivity (Wildman–Crippen MR) is 113 cm³/mol. The lowest BCUT2D eigenvalue weighted by molar-refractivity contribution is 0.404. The molecule has 5 rings (SSSR count). The topological polar surface area (TPSA) is 104 Å². The number of nitrogens with zero attached hydrogens (tertiary/aromatic N) is 7. The molecule has 1 aliphatic rings. The highest BCUT2D eigenvalue weighted by molar-refractivity contribution is 5.71. The van der Waals surface area contributed by atoms with E-state index < -0.39 is 0 Å². The number of aromatic hydroxyl groups is 1. The number of nitrogens with one attached hydrogen (secondary N) is 1. The van der Waals surface area contributed by atoms with Crippen molar-refractivity contribution in [3.05, 3.63) is 49.1 Å². The SMILES string of the molecule is C[C@@H]1CN(c2ccc(-c3ncc(-c4ccc5ncnn5c4)cc3O)nn2)C[C@H](C)N1. The van der Waals surface area contributed by atoms with E-state index in [1.807, 2.05) is 30.5 Å². The van der Waals surface area contributed by atoms with E-state index in [-0.39, 0.29) is 5.75 Å². The second-order valence-electron chi connectivity index (χ2n) is 7.72. The zero-order valence-corrected chi connectivity index (χ0v) is 16.8. The minimum Gasteiger partial charge on any atom is -0.506 e. The molecular weight excluding hydrogens is 380 g/mol. The van der Waals surface area contributed by atoms with Crippen molar-refractivity contribution in [3.63, 3.8) is 0 Å². The van der Waals surface area contributed by atoms with E-state index in [1.165, 1.54) is 6.33 Å². The molecule has 1 aliphatic heterocycles. The van der Waals surface area contributed by atoms with Gasteiger partial charge in [0.05, 0.1) is 0 Å². The van der Waals surface area contributed by atoms with E-state index in [9.17, 15) is 5.11 Å². The quantitative estimate of drug-likeness (QED) is 0.537. The summed E-state index contributed by atoms with van der Waals surface area (Å²) in [5.74, 6) is 0.883. The highest BCUT2D eigenvalue weighted by atomic mass is 16.3. The van der Waals surface area contributed by atoms with Crippen molar-refractivity contribution in [2.75, 3.05) is 18.0 Å². The fraction of sp³-hybridized carbons (Fsp3) is 0.286. The number of fused-ring (bicyclic) bond motifs is 1. The average Bonchev–Trinajstić information content (AvgIpc) is 3.21. The van der Waals surface area contributed by atoms with Crippen LogP contribution in [0.15, 0.2) is 49.1 Å². The summed E-state index contributed by atoms with van der Waals surface area (Å²) in [5.41, 5.74) is 3.36. The van der Waals surface area contributed by atoms with Crippen molar-refractivity contribution in [1.29, 1.82) is 0 Å². The number of hydrogen-bond donors (Lipinski definition) is 2. The lowest BCUT2D eigenvalue weighted by Gasteiger charge is -2.36. The number of piperazine rings is 1. The minimum absolute atomic E-state index is 0.0534. The van der Waals surface area contributed by atoms with Gasteiger partial charge in [-0.25, -0.2) is 14.5 Å². The smallest absolute Gasteiger partial charge is 0.155 e. The molecule has 2 N–H and O–H groups in total. The zero-order valence-electron chi connectivity index (χ0n) is 16.8. The Labute approximate surface area is 173 Å². The molecule has 0 spiro atoms. The van der Waals surface area contributed by atoms with Crippen molar-refractivity contribution >= 4 is 11.5 Å². The largest absolute Gasteiger partial charge is 0.506 e. The molecule has 9 nitrogen and oxygen atoms in total. The lowest BCUT2D eigenvalue weighted by atomic mass is 10.1. The molecule has 5 heterocycles. The molecule has 0 saturated carbocycles. The van der Waals surface area contributed by atoms with E-state index in [0.29, 0.717) is 23.5 Å². The fourth-order valence-corrected chi connectivity index (χ4v) is 3.93. The van der Waals surface area contributed by atoms with Gasteiger partial charge in [-0.05, 0) is 44.2 Å². The van der Waals surface area contributed by atoms with E-state index in [0.717, 1.165) is 35.7 Å². The van der Waals surface area contributed by atoms with Crippen LogP contribution < -0.4 is 10.2 Å². The maximum absolute atomic E-state index is 10.6. The van der Waals surface area contributed by atoms with Crippen molar-refractivity contribution in [2.45, 2.75) is 25.9 Å². The lowest BCUT2D eigenvalue weighted by Crippen LogP contribution is -2.54. The summed E-state index contributed by atoms with van der Waals surface area (Å²) in [5, 5.41) is 26.9. The van der Waals surface area contributed by atoms with Crippen LogP contribution in [0.5, 0.6) is 5.75 Å². The Morgan fingerprint density at radius 3 is 2.57 bits per heavy atom. The van der Waals surface area contributed by atoms with Gasteiger partial charge in [0.15, 0.2) is 11.5 Å². The first-order valence-corrected chi connectivity index (χ1v) is 9.91. The van der Waals surface area contributed by atoms with E-state index >= 15 is 0 Å². The molecule has 2 atom stereocenters. The van der Waals surface area contributed by atoms with Crippen molar-refractivity contribution < 1.29 is 5.11 Å². The van der Waals surface area contributed by atoms with Gasteiger partial charge in [-0.15, -0.1) is 10.2 Å². The zero-order chi connectivity index (χ0) is 20.7. The number of anilines is 1. The summed E-state index contributed by atoms with van der Waals surface area (Å²) < 4.78 is 1.68. The Kier molecular flexibility index (Phi) is 4.51. The molecular formula is C21H22N8O. The molecule has 0 bridgehead atoms.